The Morgan fingerprint density at radius 3 is 2.53 bits per heavy atom. The predicted molar refractivity (Wildman–Crippen MR) is 72.7 cm³/mol. The molecule has 3 heteroatoms. The molecule has 1 aromatic rings. The third kappa shape index (κ3) is 3.67. The average molecular weight is 231 g/mol. The van der Waals surface area contributed by atoms with Gasteiger partial charge in [-0.2, -0.15) is 5.26 Å². The highest BCUT2D eigenvalue weighted by Crippen LogP contribution is 2.27. The Morgan fingerprint density at radius 1 is 1.41 bits per heavy atom. The molecule has 92 valence electrons. The monoisotopic (exact) mass is 231 g/mol. The van der Waals surface area contributed by atoms with E-state index in [2.05, 4.69) is 39.1 Å². The molecule has 1 aromatic carbocycles. The number of hydrogen-bond acceptors (Lipinski definition) is 3. The van der Waals surface area contributed by atoms with Gasteiger partial charge in [-0.3, -0.25) is 0 Å². The van der Waals surface area contributed by atoms with Crippen molar-refractivity contribution in [3.05, 3.63) is 23.8 Å². The molecule has 0 bridgehead atoms. The number of benzene rings is 1. The van der Waals surface area contributed by atoms with E-state index in [9.17, 15) is 0 Å². The van der Waals surface area contributed by atoms with Crippen molar-refractivity contribution in [2.24, 2.45) is 11.3 Å². The number of nitrogens with two attached hydrogens (primary N) is 1. The van der Waals surface area contributed by atoms with Crippen LogP contribution in [-0.4, -0.2) is 6.54 Å². The van der Waals surface area contributed by atoms with Gasteiger partial charge in [-0.05, 0) is 29.5 Å². The van der Waals surface area contributed by atoms with Gasteiger partial charge in [0.2, 0.25) is 0 Å². The molecule has 1 atom stereocenters. The molecule has 0 fully saturated rings. The lowest BCUT2D eigenvalue weighted by molar-refractivity contribution is 0.274. The smallest absolute Gasteiger partial charge is 0.0992 e. The zero-order chi connectivity index (χ0) is 13.1. The summed E-state index contributed by atoms with van der Waals surface area (Å²) in [6, 6.07) is 7.42. The average Bonchev–Trinajstić information content (AvgIpc) is 2.25. The van der Waals surface area contributed by atoms with Crippen molar-refractivity contribution in [1.29, 1.82) is 5.26 Å². The maximum absolute atomic E-state index is 8.75. The highest BCUT2D eigenvalue weighted by atomic mass is 14.9. The van der Waals surface area contributed by atoms with Crippen molar-refractivity contribution in [1.82, 2.24) is 0 Å². The molecule has 0 heterocycles. The normalized spacial score (nSPS) is 12.9. The topological polar surface area (TPSA) is 61.8 Å². The van der Waals surface area contributed by atoms with Gasteiger partial charge in [-0.15, -0.1) is 0 Å². The first-order valence-electron chi connectivity index (χ1n) is 5.88. The number of rotatable bonds is 3. The van der Waals surface area contributed by atoms with Crippen LogP contribution in [0.4, 0.5) is 11.4 Å². The molecule has 17 heavy (non-hydrogen) atoms. The first-order chi connectivity index (χ1) is 7.84. The number of nitrogens with zero attached hydrogens (tertiary/aromatic N) is 1. The Balaban J connectivity index is 2.68. The van der Waals surface area contributed by atoms with Crippen molar-refractivity contribution in [3.8, 4) is 6.07 Å². The zero-order valence-electron chi connectivity index (χ0n) is 11.0. The maximum atomic E-state index is 8.75. The summed E-state index contributed by atoms with van der Waals surface area (Å²) in [5, 5.41) is 12.1. The largest absolute Gasteiger partial charge is 0.397 e. The van der Waals surface area contributed by atoms with Crippen molar-refractivity contribution in [2.45, 2.75) is 27.7 Å². The first-order valence-corrected chi connectivity index (χ1v) is 5.88. The van der Waals surface area contributed by atoms with Crippen molar-refractivity contribution in [3.63, 3.8) is 0 Å². The third-order valence-corrected chi connectivity index (χ3v) is 3.26. The number of hydrogen-bond donors (Lipinski definition) is 2. The van der Waals surface area contributed by atoms with Crippen molar-refractivity contribution in [2.75, 3.05) is 17.6 Å². The highest BCUT2D eigenvalue weighted by molar-refractivity contribution is 5.68. The quantitative estimate of drug-likeness (QED) is 0.785. The van der Waals surface area contributed by atoms with E-state index in [0.717, 1.165) is 12.2 Å². The fraction of sp³-hybridized carbons (Fsp3) is 0.500. The molecule has 0 aliphatic carbocycles. The summed E-state index contributed by atoms with van der Waals surface area (Å²) >= 11 is 0. The van der Waals surface area contributed by atoms with Gasteiger partial charge in [0.1, 0.15) is 0 Å². The molecule has 3 nitrogen and oxygen atoms in total. The molecule has 0 saturated heterocycles. The molecule has 1 unspecified atom stereocenters. The van der Waals surface area contributed by atoms with E-state index in [1.54, 1.807) is 12.1 Å². The van der Waals surface area contributed by atoms with E-state index in [1.807, 2.05) is 6.07 Å². The van der Waals surface area contributed by atoms with Crippen LogP contribution in [0, 0.1) is 22.7 Å². The van der Waals surface area contributed by atoms with Gasteiger partial charge in [0.15, 0.2) is 0 Å². The third-order valence-electron chi connectivity index (χ3n) is 3.26. The fourth-order valence-electron chi connectivity index (χ4n) is 1.36. The maximum Gasteiger partial charge on any atom is 0.0992 e. The summed E-state index contributed by atoms with van der Waals surface area (Å²) in [6.07, 6.45) is 0. The minimum atomic E-state index is 0.272. The lowest BCUT2D eigenvalue weighted by atomic mass is 9.82. The van der Waals surface area contributed by atoms with E-state index in [0.29, 0.717) is 17.2 Å². The number of nitrogens with one attached hydrogen (secondary N) is 1. The second kappa shape index (κ2) is 5.09. The SMILES string of the molecule is CC(CNc1ccc(C#N)cc1N)C(C)(C)C. The number of anilines is 2. The molecule has 0 radical (unpaired) electrons. The standard InChI is InChI=1S/C14H21N3/c1-10(14(2,3)4)9-17-13-6-5-11(8-15)7-12(13)16/h5-7,10,17H,9,16H2,1-4H3. The summed E-state index contributed by atoms with van der Waals surface area (Å²) in [5.41, 5.74) is 8.28. The van der Waals surface area contributed by atoms with Crippen LogP contribution in [0.1, 0.15) is 33.3 Å². The highest BCUT2D eigenvalue weighted by Gasteiger charge is 2.19. The molecule has 0 aromatic heterocycles. The lowest BCUT2D eigenvalue weighted by Crippen LogP contribution is -2.25. The zero-order valence-corrected chi connectivity index (χ0v) is 11.0. The van der Waals surface area contributed by atoms with Crippen LogP contribution >= 0.6 is 0 Å². The minimum Gasteiger partial charge on any atom is -0.397 e. The Kier molecular flexibility index (Phi) is 4.01. The molecule has 1 rings (SSSR count). The first kappa shape index (κ1) is 13.4. The Labute approximate surface area is 104 Å². The van der Waals surface area contributed by atoms with Crippen LogP contribution in [0.5, 0.6) is 0 Å². The fourth-order valence-corrected chi connectivity index (χ4v) is 1.36. The van der Waals surface area contributed by atoms with E-state index < -0.39 is 0 Å². The van der Waals surface area contributed by atoms with Crippen LogP contribution < -0.4 is 11.1 Å². The molecule has 0 amide bonds. The van der Waals surface area contributed by atoms with Gasteiger partial charge >= 0.3 is 0 Å². The van der Waals surface area contributed by atoms with Gasteiger partial charge in [-0.25, -0.2) is 0 Å². The van der Waals surface area contributed by atoms with Gasteiger partial charge in [0.25, 0.3) is 0 Å². The van der Waals surface area contributed by atoms with E-state index in [4.69, 9.17) is 11.0 Å². The summed E-state index contributed by atoms with van der Waals surface area (Å²) in [7, 11) is 0. The van der Waals surface area contributed by atoms with Crippen LogP contribution in [0.3, 0.4) is 0 Å². The summed E-state index contributed by atoms with van der Waals surface area (Å²) in [4.78, 5) is 0. The summed E-state index contributed by atoms with van der Waals surface area (Å²) < 4.78 is 0. The van der Waals surface area contributed by atoms with Gasteiger partial charge < -0.3 is 11.1 Å². The Bertz CT molecular complexity index is 424. The van der Waals surface area contributed by atoms with Crippen LogP contribution in [0.15, 0.2) is 18.2 Å². The molecule has 0 saturated carbocycles. The predicted octanol–water partition coefficient (Wildman–Crippen LogP) is 3.23. The molecule has 3 N–H and O–H groups in total. The van der Waals surface area contributed by atoms with Crippen molar-refractivity contribution >= 4 is 11.4 Å². The summed E-state index contributed by atoms with van der Waals surface area (Å²) in [6.45, 7) is 9.76. The van der Waals surface area contributed by atoms with Crippen LogP contribution in [0.25, 0.3) is 0 Å². The summed E-state index contributed by atoms with van der Waals surface area (Å²) in [5.74, 6) is 0.539. The second-order valence-electron chi connectivity index (χ2n) is 5.56. The van der Waals surface area contributed by atoms with E-state index in [1.165, 1.54) is 0 Å². The molecule has 0 spiro atoms. The van der Waals surface area contributed by atoms with E-state index >= 15 is 0 Å². The Hall–Kier alpha value is -1.69. The van der Waals surface area contributed by atoms with Crippen LogP contribution in [0.2, 0.25) is 0 Å². The van der Waals surface area contributed by atoms with E-state index in [-0.39, 0.29) is 5.41 Å². The Morgan fingerprint density at radius 2 is 2.06 bits per heavy atom. The molecular formula is C14H21N3. The molecule has 0 aliphatic rings. The molecular weight excluding hydrogens is 210 g/mol. The number of nitrogen functional groups attached to an aromatic ring is 1. The van der Waals surface area contributed by atoms with Crippen molar-refractivity contribution < 1.29 is 0 Å². The minimum absolute atomic E-state index is 0.272. The van der Waals surface area contributed by atoms with Crippen LogP contribution in [-0.2, 0) is 0 Å². The second-order valence-corrected chi connectivity index (χ2v) is 5.56. The molecule has 0 aliphatic heterocycles. The lowest BCUT2D eigenvalue weighted by Gasteiger charge is -2.28. The van der Waals surface area contributed by atoms with Gasteiger partial charge in [0.05, 0.1) is 23.0 Å². The van der Waals surface area contributed by atoms with Gasteiger partial charge in [-0.1, -0.05) is 27.7 Å². The number of nitriles is 1. The van der Waals surface area contributed by atoms with Gasteiger partial charge in [0, 0.05) is 6.54 Å².